The molecule has 0 unspecified atom stereocenters. The van der Waals surface area contributed by atoms with E-state index in [1.54, 1.807) is 0 Å². The Bertz CT molecular complexity index is 514. The SMILES string of the molecule is CC(C)(C)CCOCCOCCCCOc1ccccc1OCCC(C)(C)C. The summed E-state index contributed by atoms with van der Waals surface area (Å²) in [6.45, 7) is 17.6. The minimum Gasteiger partial charge on any atom is -0.490 e. The van der Waals surface area contributed by atoms with E-state index >= 15 is 0 Å². The molecule has 1 aromatic rings. The summed E-state index contributed by atoms with van der Waals surface area (Å²) < 4.78 is 23.0. The van der Waals surface area contributed by atoms with Crippen molar-refractivity contribution in [3.63, 3.8) is 0 Å². The van der Waals surface area contributed by atoms with Gasteiger partial charge >= 0.3 is 0 Å². The number of hydrogen-bond acceptors (Lipinski definition) is 4. The fourth-order valence-corrected chi connectivity index (χ4v) is 2.34. The summed E-state index contributed by atoms with van der Waals surface area (Å²) in [7, 11) is 0. The topological polar surface area (TPSA) is 36.9 Å². The van der Waals surface area contributed by atoms with Crippen LogP contribution in [0.5, 0.6) is 11.5 Å². The van der Waals surface area contributed by atoms with E-state index in [0.29, 0.717) is 31.8 Å². The van der Waals surface area contributed by atoms with Gasteiger partial charge in [0.25, 0.3) is 0 Å². The number of ether oxygens (including phenoxy) is 4. The van der Waals surface area contributed by atoms with Gasteiger partial charge in [0.05, 0.1) is 26.4 Å². The van der Waals surface area contributed by atoms with Crippen LogP contribution in [0.3, 0.4) is 0 Å². The maximum absolute atomic E-state index is 5.91. The second kappa shape index (κ2) is 13.1. The quantitative estimate of drug-likeness (QED) is 0.356. The summed E-state index contributed by atoms with van der Waals surface area (Å²) in [6.07, 6.45) is 4.03. The predicted octanol–water partition coefficient (Wildman–Crippen LogP) is 6.13. The lowest BCUT2D eigenvalue weighted by atomic mass is 9.93. The van der Waals surface area contributed by atoms with Crippen LogP contribution in [0.1, 0.15) is 67.2 Å². The molecule has 4 heteroatoms. The molecule has 4 nitrogen and oxygen atoms in total. The number of para-hydroxylation sites is 2. The summed E-state index contributed by atoms with van der Waals surface area (Å²) in [5.41, 5.74) is 0.602. The molecule has 0 fully saturated rings. The number of rotatable bonds is 14. The van der Waals surface area contributed by atoms with E-state index in [1.807, 2.05) is 24.3 Å². The van der Waals surface area contributed by atoms with Crippen molar-refractivity contribution in [3.8, 4) is 11.5 Å². The van der Waals surface area contributed by atoms with Crippen molar-refractivity contribution in [1.82, 2.24) is 0 Å². The first-order valence-corrected chi connectivity index (χ1v) is 10.7. The normalized spacial score (nSPS) is 12.2. The molecular formula is C24H42O4. The highest BCUT2D eigenvalue weighted by Gasteiger charge is 2.11. The van der Waals surface area contributed by atoms with Crippen LogP contribution in [0.4, 0.5) is 0 Å². The predicted molar refractivity (Wildman–Crippen MR) is 116 cm³/mol. The number of benzene rings is 1. The minimum absolute atomic E-state index is 0.271. The zero-order valence-electron chi connectivity index (χ0n) is 19.0. The monoisotopic (exact) mass is 394 g/mol. The molecule has 1 aromatic carbocycles. The minimum atomic E-state index is 0.271. The fourth-order valence-electron chi connectivity index (χ4n) is 2.34. The van der Waals surface area contributed by atoms with Gasteiger partial charge < -0.3 is 18.9 Å². The summed E-state index contributed by atoms with van der Waals surface area (Å²) in [5, 5.41) is 0. The van der Waals surface area contributed by atoms with Gasteiger partial charge in [-0.15, -0.1) is 0 Å². The molecule has 0 atom stereocenters. The highest BCUT2D eigenvalue weighted by molar-refractivity contribution is 5.39. The van der Waals surface area contributed by atoms with Crippen molar-refractivity contribution in [1.29, 1.82) is 0 Å². The Balaban J connectivity index is 2.07. The zero-order valence-corrected chi connectivity index (χ0v) is 19.0. The van der Waals surface area contributed by atoms with Gasteiger partial charge in [0, 0.05) is 13.2 Å². The molecule has 1 rings (SSSR count). The van der Waals surface area contributed by atoms with E-state index in [0.717, 1.165) is 50.4 Å². The highest BCUT2D eigenvalue weighted by Crippen LogP contribution is 2.28. The average molecular weight is 395 g/mol. The van der Waals surface area contributed by atoms with Gasteiger partial charge in [-0.1, -0.05) is 53.7 Å². The summed E-state index contributed by atoms with van der Waals surface area (Å²) in [5.74, 6) is 1.65. The van der Waals surface area contributed by atoms with E-state index < -0.39 is 0 Å². The van der Waals surface area contributed by atoms with Crippen LogP contribution in [0, 0.1) is 10.8 Å². The second-order valence-corrected chi connectivity index (χ2v) is 9.70. The van der Waals surface area contributed by atoms with Crippen LogP contribution >= 0.6 is 0 Å². The third-order valence-electron chi connectivity index (χ3n) is 4.27. The van der Waals surface area contributed by atoms with E-state index in [1.165, 1.54) is 0 Å². The van der Waals surface area contributed by atoms with Crippen molar-refractivity contribution in [2.75, 3.05) is 39.6 Å². The lowest BCUT2D eigenvalue weighted by molar-refractivity contribution is 0.0369. The Morgan fingerprint density at radius 1 is 0.571 bits per heavy atom. The molecular weight excluding hydrogens is 352 g/mol. The molecule has 0 saturated carbocycles. The molecule has 0 aliphatic carbocycles. The van der Waals surface area contributed by atoms with Crippen molar-refractivity contribution in [2.24, 2.45) is 10.8 Å². The number of unbranched alkanes of at least 4 members (excludes halogenated alkanes) is 1. The van der Waals surface area contributed by atoms with E-state index in [2.05, 4.69) is 41.5 Å². The van der Waals surface area contributed by atoms with Gasteiger partial charge in [-0.2, -0.15) is 0 Å². The van der Waals surface area contributed by atoms with Crippen molar-refractivity contribution >= 4 is 0 Å². The van der Waals surface area contributed by atoms with Gasteiger partial charge in [-0.05, 0) is 48.6 Å². The molecule has 0 aliphatic heterocycles. The maximum Gasteiger partial charge on any atom is 0.161 e. The fraction of sp³-hybridized carbons (Fsp3) is 0.750. The third kappa shape index (κ3) is 13.8. The Hall–Kier alpha value is -1.26. The lowest BCUT2D eigenvalue weighted by Gasteiger charge is -2.19. The van der Waals surface area contributed by atoms with Crippen LogP contribution in [0.15, 0.2) is 24.3 Å². The molecule has 0 amide bonds. The standard InChI is InChI=1S/C24H42O4/c1-23(2,3)13-17-26-20-19-25-15-9-10-16-27-21-11-7-8-12-22(21)28-18-14-24(4,5)6/h7-8,11-12H,9-10,13-20H2,1-6H3. The van der Waals surface area contributed by atoms with Crippen LogP contribution in [0.2, 0.25) is 0 Å². The molecule has 0 aliphatic rings. The van der Waals surface area contributed by atoms with E-state index in [9.17, 15) is 0 Å². The highest BCUT2D eigenvalue weighted by atomic mass is 16.5. The second-order valence-electron chi connectivity index (χ2n) is 9.70. The molecule has 0 aromatic heterocycles. The van der Waals surface area contributed by atoms with Gasteiger partial charge in [0.1, 0.15) is 0 Å². The molecule has 28 heavy (non-hydrogen) atoms. The van der Waals surface area contributed by atoms with Gasteiger partial charge in [0.15, 0.2) is 11.5 Å². The number of hydrogen-bond donors (Lipinski definition) is 0. The van der Waals surface area contributed by atoms with E-state index in [4.69, 9.17) is 18.9 Å². The summed E-state index contributed by atoms with van der Waals surface area (Å²) in [6, 6.07) is 7.91. The lowest BCUT2D eigenvalue weighted by Crippen LogP contribution is -2.12. The Morgan fingerprint density at radius 3 is 1.61 bits per heavy atom. The first-order valence-electron chi connectivity index (χ1n) is 10.7. The largest absolute Gasteiger partial charge is 0.490 e. The van der Waals surface area contributed by atoms with Crippen LogP contribution in [-0.2, 0) is 9.47 Å². The maximum atomic E-state index is 5.91. The molecule has 0 N–H and O–H groups in total. The Morgan fingerprint density at radius 2 is 1.04 bits per heavy atom. The summed E-state index contributed by atoms with van der Waals surface area (Å²) in [4.78, 5) is 0. The molecule has 162 valence electrons. The molecule has 0 heterocycles. The third-order valence-corrected chi connectivity index (χ3v) is 4.27. The van der Waals surface area contributed by atoms with E-state index in [-0.39, 0.29) is 5.41 Å². The smallest absolute Gasteiger partial charge is 0.161 e. The van der Waals surface area contributed by atoms with Crippen molar-refractivity contribution in [3.05, 3.63) is 24.3 Å². The van der Waals surface area contributed by atoms with Crippen molar-refractivity contribution < 1.29 is 18.9 Å². The van der Waals surface area contributed by atoms with Crippen molar-refractivity contribution in [2.45, 2.75) is 67.2 Å². The Kier molecular flexibility index (Phi) is 11.6. The average Bonchev–Trinajstić information content (AvgIpc) is 2.59. The molecule has 0 bridgehead atoms. The van der Waals surface area contributed by atoms with Gasteiger partial charge in [-0.3, -0.25) is 0 Å². The first-order chi connectivity index (χ1) is 13.2. The Labute approximate surface area is 172 Å². The summed E-state index contributed by atoms with van der Waals surface area (Å²) >= 11 is 0. The van der Waals surface area contributed by atoms with Gasteiger partial charge in [-0.25, -0.2) is 0 Å². The van der Waals surface area contributed by atoms with Crippen LogP contribution < -0.4 is 9.47 Å². The molecule has 0 saturated heterocycles. The van der Waals surface area contributed by atoms with Gasteiger partial charge in [0.2, 0.25) is 0 Å². The zero-order chi connectivity index (χ0) is 20.9. The van der Waals surface area contributed by atoms with Crippen LogP contribution in [0.25, 0.3) is 0 Å². The molecule has 0 radical (unpaired) electrons. The molecule has 0 spiro atoms. The van der Waals surface area contributed by atoms with Crippen LogP contribution in [-0.4, -0.2) is 39.6 Å². The first kappa shape index (κ1) is 24.8.